The molecule has 3 heterocycles. The highest BCUT2D eigenvalue weighted by Crippen LogP contribution is 2.40. The summed E-state index contributed by atoms with van der Waals surface area (Å²) in [5.41, 5.74) is 16.1. The molecule has 3 aliphatic rings. The third-order valence-electron chi connectivity index (χ3n) is 8.29. The van der Waals surface area contributed by atoms with Crippen molar-refractivity contribution in [3.63, 3.8) is 0 Å². The highest BCUT2D eigenvalue weighted by molar-refractivity contribution is 5.94. The topological polar surface area (TPSA) is 49.8 Å². The number of nitrogens with zero attached hydrogens (tertiary/aromatic N) is 4. The Hall–Kier alpha value is -3.05. The maximum Gasteiger partial charge on any atom is 0.0873 e. The van der Waals surface area contributed by atoms with Gasteiger partial charge in [0.1, 0.15) is 0 Å². The standard InChI is InChI=1S/C31H39N5/c1-21-7-4-8-25-16-28(36(30(21)25)19-23-11-12-23)18-33-29-17-26(15-24-9-5-13-34(3)31(24)29)22(2)35-14-6-10-27(32)20-35/h4,7-8,15-18,23,27H,2,5-6,9-14,19-20,32H2,1,3H3/b33-18+. The zero-order valence-electron chi connectivity index (χ0n) is 21.8. The quantitative estimate of drug-likeness (QED) is 0.447. The number of para-hydroxylation sites is 1. The van der Waals surface area contributed by atoms with Crippen molar-refractivity contribution in [3.05, 3.63) is 65.4 Å². The molecule has 188 valence electrons. The minimum atomic E-state index is 0.230. The number of piperidine rings is 1. The van der Waals surface area contributed by atoms with Crippen LogP contribution in [-0.2, 0) is 13.0 Å². The maximum atomic E-state index is 6.29. The lowest BCUT2D eigenvalue weighted by molar-refractivity contribution is 0.296. The Morgan fingerprint density at radius 1 is 1.14 bits per heavy atom. The van der Waals surface area contributed by atoms with Crippen LogP contribution in [0.3, 0.4) is 0 Å². The van der Waals surface area contributed by atoms with E-state index in [1.165, 1.54) is 58.2 Å². The molecule has 6 rings (SSSR count). The van der Waals surface area contributed by atoms with Gasteiger partial charge in [0, 0.05) is 50.4 Å². The van der Waals surface area contributed by atoms with Gasteiger partial charge < -0.3 is 20.1 Å². The van der Waals surface area contributed by atoms with Gasteiger partial charge in [0.2, 0.25) is 0 Å². The highest BCUT2D eigenvalue weighted by atomic mass is 15.2. The average Bonchev–Trinajstić information content (AvgIpc) is 3.62. The molecule has 1 saturated heterocycles. The van der Waals surface area contributed by atoms with Gasteiger partial charge in [-0.05, 0) is 86.3 Å². The molecule has 1 atom stereocenters. The van der Waals surface area contributed by atoms with Crippen molar-refractivity contribution in [3.8, 4) is 0 Å². The number of nitrogens with two attached hydrogens (primary N) is 1. The molecule has 2 aromatic carbocycles. The summed E-state index contributed by atoms with van der Waals surface area (Å²) in [6.07, 6.45) is 9.27. The summed E-state index contributed by atoms with van der Waals surface area (Å²) in [4.78, 5) is 9.93. The van der Waals surface area contributed by atoms with Crippen molar-refractivity contribution in [2.24, 2.45) is 16.6 Å². The second-order valence-electron chi connectivity index (χ2n) is 11.2. The number of benzene rings is 2. The van der Waals surface area contributed by atoms with Crippen molar-refractivity contribution in [1.29, 1.82) is 0 Å². The van der Waals surface area contributed by atoms with Gasteiger partial charge in [-0.15, -0.1) is 0 Å². The Morgan fingerprint density at radius 2 is 2.00 bits per heavy atom. The first-order valence-electron chi connectivity index (χ1n) is 13.7. The van der Waals surface area contributed by atoms with Gasteiger partial charge in [-0.2, -0.15) is 0 Å². The number of hydrogen-bond donors (Lipinski definition) is 1. The molecule has 5 nitrogen and oxygen atoms in total. The van der Waals surface area contributed by atoms with Gasteiger partial charge in [0.15, 0.2) is 0 Å². The molecule has 2 N–H and O–H groups in total. The van der Waals surface area contributed by atoms with Crippen molar-refractivity contribution in [2.75, 3.05) is 31.6 Å². The minimum Gasteiger partial charge on any atom is -0.373 e. The summed E-state index contributed by atoms with van der Waals surface area (Å²) in [7, 11) is 2.20. The fraction of sp³-hybridized carbons (Fsp3) is 0.452. The normalized spacial score (nSPS) is 20.4. The monoisotopic (exact) mass is 481 g/mol. The fourth-order valence-electron chi connectivity index (χ4n) is 6.16. The summed E-state index contributed by atoms with van der Waals surface area (Å²) in [6.45, 7) is 10.8. The number of anilines is 1. The zero-order valence-corrected chi connectivity index (χ0v) is 21.8. The number of hydrogen-bond acceptors (Lipinski definition) is 4. The summed E-state index contributed by atoms with van der Waals surface area (Å²) < 4.78 is 2.50. The lowest BCUT2D eigenvalue weighted by Crippen LogP contribution is -2.41. The number of rotatable bonds is 6. The summed E-state index contributed by atoms with van der Waals surface area (Å²) >= 11 is 0. The van der Waals surface area contributed by atoms with Gasteiger partial charge in [0.25, 0.3) is 0 Å². The zero-order chi connectivity index (χ0) is 24.8. The number of aliphatic imine (C=N–C) groups is 1. The van der Waals surface area contributed by atoms with Gasteiger partial charge in [0.05, 0.1) is 28.8 Å². The Balaban J connectivity index is 1.40. The van der Waals surface area contributed by atoms with Crippen LogP contribution in [0.5, 0.6) is 0 Å². The molecule has 0 spiro atoms. The van der Waals surface area contributed by atoms with Crippen LogP contribution in [0.25, 0.3) is 16.6 Å². The first-order chi connectivity index (χ1) is 17.5. The van der Waals surface area contributed by atoms with E-state index < -0.39 is 0 Å². The second-order valence-corrected chi connectivity index (χ2v) is 11.2. The first kappa shape index (κ1) is 23.4. The summed E-state index contributed by atoms with van der Waals surface area (Å²) in [5.74, 6) is 0.800. The van der Waals surface area contributed by atoms with Gasteiger partial charge in [-0.25, -0.2) is 0 Å². The average molecular weight is 482 g/mol. The van der Waals surface area contributed by atoms with E-state index in [1.54, 1.807) is 0 Å². The molecule has 5 heteroatoms. The van der Waals surface area contributed by atoms with Crippen LogP contribution >= 0.6 is 0 Å². The minimum absolute atomic E-state index is 0.230. The van der Waals surface area contributed by atoms with E-state index in [-0.39, 0.29) is 6.04 Å². The van der Waals surface area contributed by atoms with E-state index in [9.17, 15) is 0 Å². The molecule has 1 saturated carbocycles. The Labute approximate surface area is 215 Å². The van der Waals surface area contributed by atoms with E-state index in [0.717, 1.165) is 62.7 Å². The molecule has 3 aromatic rings. The van der Waals surface area contributed by atoms with E-state index in [2.05, 4.69) is 77.5 Å². The Kier molecular flexibility index (Phi) is 6.12. The largest absolute Gasteiger partial charge is 0.373 e. The predicted octanol–water partition coefficient (Wildman–Crippen LogP) is 5.89. The van der Waals surface area contributed by atoms with Crippen LogP contribution in [-0.4, -0.2) is 48.4 Å². The molecule has 0 bridgehead atoms. The first-order valence-corrected chi connectivity index (χ1v) is 13.7. The van der Waals surface area contributed by atoms with E-state index in [1.807, 2.05) is 0 Å². The molecular weight excluding hydrogens is 442 g/mol. The van der Waals surface area contributed by atoms with Crippen LogP contribution in [0.1, 0.15) is 54.5 Å². The summed E-state index contributed by atoms with van der Waals surface area (Å²) in [5, 5.41) is 1.31. The molecule has 36 heavy (non-hydrogen) atoms. The number of aromatic nitrogens is 1. The van der Waals surface area contributed by atoms with Crippen molar-refractivity contribution >= 4 is 34.2 Å². The van der Waals surface area contributed by atoms with E-state index in [4.69, 9.17) is 10.7 Å². The smallest absolute Gasteiger partial charge is 0.0873 e. The predicted molar refractivity (Wildman–Crippen MR) is 153 cm³/mol. The lowest BCUT2D eigenvalue weighted by Gasteiger charge is -2.35. The van der Waals surface area contributed by atoms with E-state index >= 15 is 0 Å². The van der Waals surface area contributed by atoms with Crippen LogP contribution < -0.4 is 10.6 Å². The molecule has 2 fully saturated rings. The van der Waals surface area contributed by atoms with Crippen LogP contribution in [0.2, 0.25) is 0 Å². The third kappa shape index (κ3) is 4.45. The van der Waals surface area contributed by atoms with Crippen LogP contribution in [0.4, 0.5) is 11.4 Å². The molecule has 1 unspecified atom stereocenters. The Bertz CT molecular complexity index is 1330. The van der Waals surface area contributed by atoms with Gasteiger partial charge in [-0.1, -0.05) is 24.8 Å². The number of fused-ring (bicyclic) bond motifs is 2. The number of likely N-dealkylation sites (tertiary alicyclic amines) is 1. The lowest BCUT2D eigenvalue weighted by atomic mass is 9.96. The third-order valence-corrected chi connectivity index (χ3v) is 8.29. The van der Waals surface area contributed by atoms with Gasteiger partial charge in [-0.3, -0.25) is 4.99 Å². The molecule has 0 radical (unpaired) electrons. The van der Waals surface area contributed by atoms with Crippen LogP contribution in [0.15, 0.2) is 48.0 Å². The molecular formula is C31H39N5. The summed E-state index contributed by atoms with van der Waals surface area (Å²) in [6, 6.07) is 13.7. The number of aryl methyl sites for hydroxylation is 2. The molecule has 1 aliphatic carbocycles. The Morgan fingerprint density at radius 3 is 2.81 bits per heavy atom. The SMILES string of the molecule is C=C(c1cc2c(c(/N=C/c3cc4cccc(C)c4n3CC3CC3)c1)N(C)CCC2)N1CCCC(N)C1. The van der Waals surface area contributed by atoms with Crippen molar-refractivity contribution in [2.45, 2.75) is 58.0 Å². The molecule has 1 aromatic heterocycles. The van der Waals surface area contributed by atoms with Gasteiger partial charge >= 0.3 is 0 Å². The fourth-order valence-corrected chi connectivity index (χ4v) is 6.16. The van der Waals surface area contributed by atoms with E-state index in [0.29, 0.717) is 0 Å². The molecule has 0 amide bonds. The van der Waals surface area contributed by atoms with Crippen molar-refractivity contribution in [1.82, 2.24) is 9.47 Å². The molecule has 2 aliphatic heterocycles. The highest BCUT2D eigenvalue weighted by Gasteiger charge is 2.25. The van der Waals surface area contributed by atoms with Crippen molar-refractivity contribution < 1.29 is 0 Å². The second kappa shape index (κ2) is 9.44. The maximum absolute atomic E-state index is 6.29. The van der Waals surface area contributed by atoms with Crippen LogP contribution in [0, 0.1) is 12.8 Å².